The molecule has 0 bridgehead atoms. The normalized spacial score (nSPS) is 24.2. The number of nitrogens with zero attached hydrogens (tertiary/aromatic N) is 2. The van der Waals surface area contributed by atoms with Crippen LogP contribution in [0.5, 0.6) is 0 Å². The van der Waals surface area contributed by atoms with Crippen molar-refractivity contribution in [3.63, 3.8) is 0 Å². The van der Waals surface area contributed by atoms with E-state index in [1.54, 1.807) is 0 Å². The van der Waals surface area contributed by atoms with Crippen molar-refractivity contribution in [1.29, 1.82) is 0 Å². The Bertz CT molecular complexity index is 466. The highest BCUT2D eigenvalue weighted by Crippen LogP contribution is 2.36. The van der Waals surface area contributed by atoms with Crippen LogP contribution in [-0.4, -0.2) is 37.8 Å². The van der Waals surface area contributed by atoms with Gasteiger partial charge in [0.15, 0.2) is 0 Å². The summed E-state index contributed by atoms with van der Waals surface area (Å²) in [5.74, 6) is 8.37. The smallest absolute Gasteiger partial charge is 0.0766 e. The molecule has 120 valence electrons. The third kappa shape index (κ3) is 3.99. The first-order valence-electron chi connectivity index (χ1n) is 7.51. The van der Waals surface area contributed by atoms with Gasteiger partial charge in [0.1, 0.15) is 0 Å². The quantitative estimate of drug-likeness (QED) is 0.575. The van der Waals surface area contributed by atoms with E-state index in [1.807, 2.05) is 11.7 Å². The number of thioether (sulfide) groups is 2. The Balaban J connectivity index is 2.16. The highest BCUT2D eigenvalue weighted by atomic mass is 79.9. The number of hydrogen-bond acceptors (Lipinski definition) is 5. The zero-order valence-corrected chi connectivity index (χ0v) is 16.2. The molecule has 0 amide bonds. The van der Waals surface area contributed by atoms with Crippen LogP contribution in [-0.2, 0) is 19.9 Å². The van der Waals surface area contributed by atoms with Crippen molar-refractivity contribution in [3.05, 3.63) is 15.9 Å². The topological polar surface area (TPSA) is 55.9 Å². The Kier molecular flexibility index (Phi) is 6.93. The molecule has 0 saturated carbocycles. The van der Waals surface area contributed by atoms with Crippen LogP contribution in [0.3, 0.4) is 0 Å². The van der Waals surface area contributed by atoms with E-state index in [-0.39, 0.29) is 6.04 Å². The molecule has 1 aromatic heterocycles. The number of rotatable bonds is 6. The minimum atomic E-state index is 0.282. The van der Waals surface area contributed by atoms with Gasteiger partial charge in [0.2, 0.25) is 0 Å². The van der Waals surface area contributed by atoms with E-state index in [2.05, 4.69) is 63.8 Å². The zero-order chi connectivity index (χ0) is 15.4. The van der Waals surface area contributed by atoms with E-state index in [0.29, 0.717) is 10.5 Å². The minimum Gasteiger partial charge on any atom is -0.271 e. The molecule has 1 aliphatic heterocycles. The molecule has 1 aromatic rings. The summed E-state index contributed by atoms with van der Waals surface area (Å²) in [5.41, 5.74) is 5.43. The Morgan fingerprint density at radius 3 is 2.71 bits per heavy atom. The summed E-state index contributed by atoms with van der Waals surface area (Å²) >= 11 is 7.87. The summed E-state index contributed by atoms with van der Waals surface area (Å²) < 4.78 is 3.14. The van der Waals surface area contributed by atoms with E-state index < -0.39 is 0 Å². The average molecular weight is 393 g/mol. The lowest BCUT2D eigenvalue weighted by Crippen LogP contribution is -2.49. The standard InChI is InChI=1S/C14H25BrN4S2/c1-4-9-13(15)11(19(3)18-9)8-10(17-16)14-12(5-2)20-6-7-21-14/h10,12,14,17H,4-8,16H2,1-3H3. The van der Waals surface area contributed by atoms with Crippen molar-refractivity contribution in [1.82, 2.24) is 15.2 Å². The molecule has 0 aromatic carbocycles. The molecule has 3 atom stereocenters. The van der Waals surface area contributed by atoms with Crippen LogP contribution in [0.1, 0.15) is 31.7 Å². The molecule has 4 nitrogen and oxygen atoms in total. The summed E-state index contributed by atoms with van der Waals surface area (Å²) in [6.07, 6.45) is 3.06. The van der Waals surface area contributed by atoms with Crippen LogP contribution in [0.4, 0.5) is 0 Å². The molecule has 0 radical (unpaired) electrons. The predicted octanol–water partition coefficient (Wildman–Crippen LogP) is 2.75. The van der Waals surface area contributed by atoms with E-state index in [0.717, 1.165) is 23.0 Å². The van der Waals surface area contributed by atoms with Crippen molar-refractivity contribution in [2.24, 2.45) is 12.9 Å². The van der Waals surface area contributed by atoms with Crippen LogP contribution in [0.25, 0.3) is 0 Å². The molecule has 21 heavy (non-hydrogen) atoms. The van der Waals surface area contributed by atoms with E-state index in [4.69, 9.17) is 5.84 Å². The average Bonchev–Trinajstić information content (AvgIpc) is 2.79. The minimum absolute atomic E-state index is 0.282. The van der Waals surface area contributed by atoms with Crippen molar-refractivity contribution in [3.8, 4) is 0 Å². The van der Waals surface area contributed by atoms with E-state index >= 15 is 0 Å². The number of aromatic nitrogens is 2. The van der Waals surface area contributed by atoms with Gasteiger partial charge >= 0.3 is 0 Å². The van der Waals surface area contributed by atoms with Crippen molar-refractivity contribution in [2.45, 2.75) is 49.7 Å². The first-order valence-corrected chi connectivity index (χ1v) is 10.4. The second-order valence-corrected chi connectivity index (χ2v) is 8.74. The van der Waals surface area contributed by atoms with Gasteiger partial charge in [-0.1, -0.05) is 13.8 Å². The van der Waals surface area contributed by atoms with E-state index in [9.17, 15) is 0 Å². The Labute approximate surface area is 144 Å². The fourth-order valence-corrected chi connectivity index (χ4v) is 6.85. The Morgan fingerprint density at radius 2 is 2.14 bits per heavy atom. The molecule has 0 spiro atoms. The molecule has 0 aliphatic carbocycles. The maximum absolute atomic E-state index is 5.89. The van der Waals surface area contributed by atoms with Gasteiger partial charge in [-0.2, -0.15) is 28.6 Å². The molecule has 3 unspecified atom stereocenters. The summed E-state index contributed by atoms with van der Waals surface area (Å²) in [7, 11) is 2.02. The van der Waals surface area contributed by atoms with Gasteiger partial charge in [-0.15, -0.1) is 0 Å². The number of halogens is 1. The molecule has 1 fully saturated rings. The lowest BCUT2D eigenvalue weighted by Gasteiger charge is -2.35. The molecule has 1 aliphatic rings. The highest BCUT2D eigenvalue weighted by molar-refractivity contribution is 9.10. The van der Waals surface area contributed by atoms with Gasteiger partial charge in [-0.3, -0.25) is 16.0 Å². The van der Waals surface area contributed by atoms with Crippen molar-refractivity contribution in [2.75, 3.05) is 11.5 Å². The molecule has 7 heteroatoms. The largest absolute Gasteiger partial charge is 0.271 e. The van der Waals surface area contributed by atoms with Gasteiger partial charge in [-0.05, 0) is 28.8 Å². The molecule has 1 saturated heterocycles. The zero-order valence-electron chi connectivity index (χ0n) is 12.9. The van der Waals surface area contributed by atoms with Gasteiger partial charge in [0, 0.05) is 41.5 Å². The third-order valence-electron chi connectivity index (χ3n) is 4.02. The Hall–Kier alpha value is 0.310. The fourth-order valence-electron chi connectivity index (χ4n) is 2.83. The summed E-state index contributed by atoms with van der Waals surface area (Å²) in [4.78, 5) is 0. The summed E-state index contributed by atoms with van der Waals surface area (Å²) in [6, 6.07) is 0.282. The number of nitrogens with two attached hydrogens (primary N) is 1. The number of hydrogen-bond donors (Lipinski definition) is 2. The second kappa shape index (κ2) is 8.24. The van der Waals surface area contributed by atoms with Crippen molar-refractivity contribution >= 4 is 39.5 Å². The van der Waals surface area contributed by atoms with Gasteiger partial charge < -0.3 is 0 Å². The molecule has 3 N–H and O–H groups in total. The van der Waals surface area contributed by atoms with Crippen LogP contribution in [0.15, 0.2) is 4.47 Å². The van der Waals surface area contributed by atoms with Crippen LogP contribution >= 0.6 is 39.5 Å². The summed E-state index contributed by atoms with van der Waals surface area (Å²) in [6.45, 7) is 4.41. The predicted molar refractivity (Wildman–Crippen MR) is 97.9 cm³/mol. The highest BCUT2D eigenvalue weighted by Gasteiger charge is 2.32. The molecular weight excluding hydrogens is 368 g/mol. The number of aryl methyl sites for hydroxylation is 2. The fraction of sp³-hybridized carbons (Fsp3) is 0.786. The monoisotopic (exact) mass is 392 g/mol. The molecular formula is C14H25BrN4S2. The lowest BCUT2D eigenvalue weighted by molar-refractivity contribution is 0.476. The van der Waals surface area contributed by atoms with Gasteiger partial charge in [0.05, 0.1) is 15.9 Å². The molecule has 2 rings (SSSR count). The van der Waals surface area contributed by atoms with Crippen LogP contribution in [0, 0.1) is 0 Å². The van der Waals surface area contributed by atoms with Gasteiger partial charge in [0.25, 0.3) is 0 Å². The number of nitrogens with one attached hydrogen (secondary N) is 1. The van der Waals surface area contributed by atoms with Gasteiger partial charge in [-0.25, -0.2) is 0 Å². The third-order valence-corrected chi connectivity index (χ3v) is 8.34. The maximum atomic E-state index is 5.89. The SMILES string of the molecule is CCc1nn(C)c(CC(NN)C2SCCSC2CC)c1Br. The Morgan fingerprint density at radius 1 is 1.43 bits per heavy atom. The summed E-state index contributed by atoms with van der Waals surface area (Å²) in [5, 5.41) is 5.83. The van der Waals surface area contributed by atoms with Crippen molar-refractivity contribution < 1.29 is 0 Å². The lowest BCUT2D eigenvalue weighted by atomic mass is 10.0. The second-order valence-electron chi connectivity index (χ2n) is 5.31. The molecule has 2 heterocycles. The van der Waals surface area contributed by atoms with E-state index in [1.165, 1.54) is 23.6 Å². The first-order chi connectivity index (χ1) is 10.1. The van der Waals surface area contributed by atoms with Crippen LogP contribution < -0.4 is 11.3 Å². The maximum Gasteiger partial charge on any atom is 0.0766 e. The van der Waals surface area contributed by atoms with Crippen LogP contribution in [0.2, 0.25) is 0 Å². The number of hydrazine groups is 1. The first kappa shape index (κ1) is 17.7.